The fourth-order valence-corrected chi connectivity index (χ4v) is 2.89. The van der Waals surface area contributed by atoms with Gasteiger partial charge in [-0.15, -0.1) is 0 Å². The Kier molecular flexibility index (Phi) is 6.26. The molecule has 8 nitrogen and oxygen atoms in total. The number of aromatic nitrogens is 1. The SMILES string of the molecule is COC(=O)C(Cc1c[nH]c2cccc(C=CC(C)C)c12)(N=[N+]=[N-])C(=O)OC. The summed E-state index contributed by atoms with van der Waals surface area (Å²) in [4.78, 5) is 30.6. The highest BCUT2D eigenvalue weighted by Gasteiger charge is 2.48. The van der Waals surface area contributed by atoms with E-state index in [9.17, 15) is 9.59 Å². The molecule has 0 spiro atoms. The van der Waals surface area contributed by atoms with Crippen LogP contribution in [0.15, 0.2) is 35.6 Å². The number of methoxy groups -OCH3 is 2. The van der Waals surface area contributed by atoms with E-state index in [0.29, 0.717) is 11.5 Å². The van der Waals surface area contributed by atoms with E-state index in [-0.39, 0.29) is 6.42 Å². The van der Waals surface area contributed by atoms with Crippen LogP contribution in [-0.2, 0) is 25.5 Å². The van der Waals surface area contributed by atoms with Crippen LogP contribution >= 0.6 is 0 Å². The number of azide groups is 1. The Balaban J connectivity index is 2.65. The first-order valence-electron chi connectivity index (χ1n) is 8.40. The summed E-state index contributed by atoms with van der Waals surface area (Å²) >= 11 is 0. The summed E-state index contributed by atoms with van der Waals surface area (Å²) in [5, 5.41) is 4.32. The summed E-state index contributed by atoms with van der Waals surface area (Å²) in [6.07, 6.45) is 5.52. The lowest BCUT2D eigenvalue weighted by atomic mass is 9.90. The lowest BCUT2D eigenvalue weighted by molar-refractivity contribution is -0.161. The summed E-state index contributed by atoms with van der Waals surface area (Å²) in [5.41, 5.74) is 9.21. The van der Waals surface area contributed by atoms with Crippen LogP contribution in [0.3, 0.4) is 0 Å². The minimum Gasteiger partial charge on any atom is -0.468 e. The van der Waals surface area contributed by atoms with Gasteiger partial charge in [0, 0.05) is 28.4 Å². The zero-order chi connectivity index (χ0) is 20.0. The number of ether oxygens (including phenoxy) is 2. The second-order valence-corrected chi connectivity index (χ2v) is 6.40. The topological polar surface area (TPSA) is 117 Å². The van der Waals surface area contributed by atoms with Gasteiger partial charge in [-0.3, -0.25) is 9.59 Å². The summed E-state index contributed by atoms with van der Waals surface area (Å²) in [5.74, 6) is -1.59. The van der Waals surface area contributed by atoms with E-state index in [4.69, 9.17) is 15.0 Å². The van der Waals surface area contributed by atoms with Gasteiger partial charge >= 0.3 is 11.9 Å². The fourth-order valence-electron chi connectivity index (χ4n) is 2.89. The molecule has 2 rings (SSSR count). The molecule has 0 saturated heterocycles. The summed E-state index contributed by atoms with van der Waals surface area (Å²) in [6.45, 7) is 4.13. The summed E-state index contributed by atoms with van der Waals surface area (Å²) in [6, 6.07) is 5.73. The van der Waals surface area contributed by atoms with Crippen molar-refractivity contribution in [3.63, 3.8) is 0 Å². The standard InChI is InChI=1S/C19H22N4O4/c1-12(2)8-9-13-6-5-7-15-16(13)14(11-21-15)10-19(22-23-20,17(24)26-3)18(25)27-4/h5-9,11-12,21H,10H2,1-4H3. The normalized spacial score (nSPS) is 11.6. The summed E-state index contributed by atoms with van der Waals surface area (Å²) < 4.78 is 9.46. The number of esters is 2. The Morgan fingerprint density at radius 2 is 1.96 bits per heavy atom. The Labute approximate surface area is 156 Å². The predicted octanol–water partition coefficient (Wildman–Crippen LogP) is 3.77. The van der Waals surface area contributed by atoms with Crippen LogP contribution in [0.1, 0.15) is 25.0 Å². The van der Waals surface area contributed by atoms with Crippen molar-refractivity contribution in [2.24, 2.45) is 11.0 Å². The van der Waals surface area contributed by atoms with Gasteiger partial charge in [0.1, 0.15) is 0 Å². The van der Waals surface area contributed by atoms with Crippen molar-refractivity contribution in [1.82, 2.24) is 4.98 Å². The quantitative estimate of drug-likeness (QED) is 0.262. The number of hydrogen-bond donors (Lipinski definition) is 1. The first-order chi connectivity index (χ1) is 12.9. The van der Waals surface area contributed by atoms with Gasteiger partial charge in [0.2, 0.25) is 5.54 Å². The van der Waals surface area contributed by atoms with Crippen LogP contribution < -0.4 is 0 Å². The van der Waals surface area contributed by atoms with Gasteiger partial charge in [0.05, 0.1) is 14.2 Å². The highest BCUT2D eigenvalue weighted by atomic mass is 16.5. The van der Waals surface area contributed by atoms with Gasteiger partial charge in [-0.05, 0) is 28.6 Å². The van der Waals surface area contributed by atoms with E-state index in [1.807, 2.05) is 30.4 Å². The van der Waals surface area contributed by atoms with Crippen molar-refractivity contribution in [2.45, 2.75) is 25.8 Å². The number of benzene rings is 1. The van der Waals surface area contributed by atoms with Crippen LogP contribution in [-0.4, -0.2) is 36.7 Å². The molecule has 0 aliphatic rings. The number of nitrogens with zero attached hydrogens (tertiary/aromatic N) is 3. The monoisotopic (exact) mass is 370 g/mol. The van der Waals surface area contributed by atoms with Gasteiger partial charge in [-0.25, -0.2) is 0 Å². The van der Waals surface area contributed by atoms with Crippen molar-refractivity contribution in [2.75, 3.05) is 14.2 Å². The Morgan fingerprint density at radius 1 is 1.30 bits per heavy atom. The van der Waals surface area contributed by atoms with Crippen molar-refractivity contribution >= 4 is 28.9 Å². The Morgan fingerprint density at radius 3 is 2.52 bits per heavy atom. The number of allylic oxidation sites excluding steroid dienone is 1. The molecular weight excluding hydrogens is 348 g/mol. The Hall–Kier alpha value is -3.25. The van der Waals surface area contributed by atoms with Gasteiger partial charge in [0.25, 0.3) is 0 Å². The molecule has 0 unspecified atom stereocenters. The molecule has 0 aliphatic heterocycles. The van der Waals surface area contributed by atoms with Gasteiger partial charge in [0.15, 0.2) is 0 Å². The van der Waals surface area contributed by atoms with Gasteiger partial charge in [-0.1, -0.05) is 43.2 Å². The maximum absolute atomic E-state index is 12.4. The number of rotatable bonds is 7. The highest BCUT2D eigenvalue weighted by molar-refractivity contribution is 6.06. The first-order valence-corrected chi connectivity index (χ1v) is 8.40. The molecule has 27 heavy (non-hydrogen) atoms. The third-order valence-corrected chi connectivity index (χ3v) is 4.19. The molecule has 8 heteroatoms. The molecule has 1 aromatic carbocycles. The lowest BCUT2D eigenvalue weighted by Gasteiger charge is -2.22. The van der Waals surface area contributed by atoms with Gasteiger partial charge in [-0.2, -0.15) is 0 Å². The molecule has 1 aromatic heterocycles. The Bertz CT molecular complexity index is 907. The number of nitrogens with one attached hydrogen (secondary N) is 1. The number of carbonyl (C=O) groups is 2. The average Bonchev–Trinajstić information content (AvgIpc) is 3.07. The third-order valence-electron chi connectivity index (χ3n) is 4.19. The first kappa shape index (κ1) is 20.1. The maximum Gasteiger partial charge on any atom is 0.329 e. The molecule has 0 radical (unpaired) electrons. The van der Waals surface area contributed by atoms with Crippen LogP contribution in [0.4, 0.5) is 0 Å². The van der Waals surface area contributed by atoms with E-state index >= 15 is 0 Å². The molecule has 2 aromatic rings. The number of carbonyl (C=O) groups excluding carboxylic acids is 2. The smallest absolute Gasteiger partial charge is 0.329 e. The number of H-pyrrole nitrogens is 1. The van der Waals surface area contributed by atoms with E-state index < -0.39 is 17.5 Å². The van der Waals surface area contributed by atoms with Crippen molar-refractivity contribution < 1.29 is 19.1 Å². The molecule has 0 atom stereocenters. The molecular formula is C19H22N4O4. The van der Waals surface area contributed by atoms with Crippen molar-refractivity contribution in [3.8, 4) is 0 Å². The molecule has 0 fully saturated rings. The van der Waals surface area contributed by atoms with Crippen molar-refractivity contribution in [3.05, 3.63) is 52.0 Å². The highest BCUT2D eigenvalue weighted by Crippen LogP contribution is 2.30. The molecule has 0 aliphatic carbocycles. The van der Waals surface area contributed by atoms with Crippen LogP contribution in [0.5, 0.6) is 0 Å². The average molecular weight is 370 g/mol. The minimum atomic E-state index is -2.14. The lowest BCUT2D eigenvalue weighted by Crippen LogP contribution is -2.48. The van der Waals surface area contributed by atoms with E-state index in [1.165, 1.54) is 0 Å². The van der Waals surface area contributed by atoms with Crippen LogP contribution in [0, 0.1) is 5.92 Å². The van der Waals surface area contributed by atoms with E-state index in [2.05, 4.69) is 28.9 Å². The third kappa shape index (κ3) is 3.96. The van der Waals surface area contributed by atoms with Crippen molar-refractivity contribution in [1.29, 1.82) is 0 Å². The summed E-state index contributed by atoms with van der Waals surface area (Å²) in [7, 11) is 2.25. The predicted molar refractivity (Wildman–Crippen MR) is 102 cm³/mol. The number of hydrogen-bond acceptors (Lipinski definition) is 5. The number of fused-ring (bicyclic) bond motifs is 1. The minimum absolute atomic E-state index is 0.192. The van der Waals surface area contributed by atoms with E-state index in [0.717, 1.165) is 30.7 Å². The molecule has 0 bridgehead atoms. The molecule has 1 heterocycles. The molecule has 0 amide bonds. The zero-order valence-electron chi connectivity index (χ0n) is 15.7. The zero-order valence-corrected chi connectivity index (χ0v) is 15.7. The largest absolute Gasteiger partial charge is 0.468 e. The van der Waals surface area contributed by atoms with Crippen LogP contribution in [0.2, 0.25) is 0 Å². The second-order valence-electron chi connectivity index (χ2n) is 6.40. The molecule has 0 saturated carbocycles. The second kappa shape index (κ2) is 8.42. The fraction of sp³-hybridized carbons (Fsp3) is 0.368. The maximum atomic E-state index is 12.4. The van der Waals surface area contributed by atoms with Gasteiger partial charge < -0.3 is 14.5 Å². The van der Waals surface area contributed by atoms with Crippen LogP contribution in [0.25, 0.3) is 27.4 Å². The van der Waals surface area contributed by atoms with E-state index in [1.54, 1.807) is 6.20 Å². The molecule has 1 N–H and O–H groups in total. The number of aromatic amines is 1. The molecule has 142 valence electrons.